The van der Waals surface area contributed by atoms with Crippen LogP contribution in [0.4, 0.5) is 0 Å². The fourth-order valence-electron chi connectivity index (χ4n) is 1.49. The second kappa shape index (κ2) is 4.40. The summed E-state index contributed by atoms with van der Waals surface area (Å²) in [5.74, 6) is 0.527. The Morgan fingerprint density at radius 1 is 1.14 bits per heavy atom. The van der Waals surface area contributed by atoms with Gasteiger partial charge >= 0.3 is 0 Å². The Kier molecular flexibility index (Phi) is 2.96. The van der Waals surface area contributed by atoms with Gasteiger partial charge in [0.15, 0.2) is 0 Å². The number of hydrogen-bond acceptors (Lipinski definition) is 1. The summed E-state index contributed by atoms with van der Waals surface area (Å²) in [5.41, 5.74) is 5.22. The monoisotopic (exact) mass is 190 g/mol. The topological polar surface area (TPSA) is 36.9 Å². The predicted octanol–water partition coefficient (Wildman–Crippen LogP) is 1.000. The van der Waals surface area contributed by atoms with E-state index in [0.717, 1.165) is 6.61 Å². The van der Waals surface area contributed by atoms with Gasteiger partial charge < -0.3 is 10.5 Å². The van der Waals surface area contributed by atoms with E-state index in [1.807, 2.05) is 18.2 Å². The molecule has 0 unspecified atom stereocenters. The Labute approximate surface area is 84.4 Å². The Bertz CT molecular complexity index is 307. The molecule has 1 aliphatic carbocycles. The van der Waals surface area contributed by atoms with Gasteiger partial charge in [-0.25, -0.2) is 0 Å². The first kappa shape index (κ1) is 9.44. The molecule has 2 nitrogen and oxygen atoms in total. The zero-order chi connectivity index (χ0) is 9.80. The molecule has 2 atom stereocenters. The van der Waals surface area contributed by atoms with Crippen LogP contribution in [0.15, 0.2) is 42.5 Å². The molecule has 3 N–H and O–H groups in total. The SMILES string of the molecule is [NH3+][C@H]1C=C[C@H]1COCc1ccccc1. The summed E-state index contributed by atoms with van der Waals surface area (Å²) in [4.78, 5) is 0. The van der Waals surface area contributed by atoms with Gasteiger partial charge in [-0.1, -0.05) is 36.4 Å². The number of quaternary nitrogens is 1. The smallest absolute Gasteiger partial charge is 0.112 e. The largest absolute Gasteiger partial charge is 0.376 e. The van der Waals surface area contributed by atoms with Crippen molar-refractivity contribution in [2.45, 2.75) is 12.6 Å². The number of ether oxygens (including phenoxy) is 1. The summed E-state index contributed by atoms with van der Waals surface area (Å²) in [6, 6.07) is 10.7. The van der Waals surface area contributed by atoms with Crippen molar-refractivity contribution in [1.82, 2.24) is 0 Å². The summed E-state index contributed by atoms with van der Waals surface area (Å²) in [5, 5.41) is 0. The Morgan fingerprint density at radius 3 is 2.50 bits per heavy atom. The molecule has 0 saturated heterocycles. The molecular formula is C12H16NO+. The van der Waals surface area contributed by atoms with Crippen molar-refractivity contribution < 1.29 is 10.5 Å². The minimum absolute atomic E-state index is 0.450. The van der Waals surface area contributed by atoms with Crippen LogP contribution in [0.1, 0.15) is 5.56 Å². The molecule has 0 saturated carbocycles. The Hall–Kier alpha value is -1.12. The lowest BCUT2D eigenvalue weighted by molar-refractivity contribution is -0.420. The third-order valence-corrected chi connectivity index (χ3v) is 2.58. The maximum absolute atomic E-state index is 5.60. The van der Waals surface area contributed by atoms with E-state index in [2.05, 4.69) is 30.0 Å². The van der Waals surface area contributed by atoms with E-state index >= 15 is 0 Å². The molecule has 0 radical (unpaired) electrons. The van der Waals surface area contributed by atoms with Crippen LogP contribution < -0.4 is 5.73 Å². The molecule has 14 heavy (non-hydrogen) atoms. The van der Waals surface area contributed by atoms with Crippen molar-refractivity contribution in [3.63, 3.8) is 0 Å². The molecule has 0 fully saturated rings. The van der Waals surface area contributed by atoms with Crippen molar-refractivity contribution in [2.24, 2.45) is 5.92 Å². The first-order chi connectivity index (χ1) is 6.86. The van der Waals surface area contributed by atoms with Gasteiger partial charge in [-0.3, -0.25) is 0 Å². The fraction of sp³-hybridized carbons (Fsp3) is 0.333. The lowest BCUT2D eigenvalue weighted by Crippen LogP contribution is -2.66. The Balaban J connectivity index is 1.71. The molecule has 1 aliphatic rings. The summed E-state index contributed by atoms with van der Waals surface area (Å²) >= 11 is 0. The summed E-state index contributed by atoms with van der Waals surface area (Å²) in [6.45, 7) is 1.50. The van der Waals surface area contributed by atoms with Gasteiger partial charge in [0.05, 0.1) is 19.1 Å². The van der Waals surface area contributed by atoms with E-state index in [9.17, 15) is 0 Å². The molecule has 0 spiro atoms. The minimum atomic E-state index is 0.450. The van der Waals surface area contributed by atoms with Crippen molar-refractivity contribution in [3.05, 3.63) is 48.0 Å². The maximum Gasteiger partial charge on any atom is 0.112 e. The molecule has 2 rings (SSSR count). The van der Waals surface area contributed by atoms with E-state index in [0.29, 0.717) is 18.6 Å². The van der Waals surface area contributed by atoms with Crippen LogP contribution in [0, 0.1) is 5.92 Å². The number of rotatable bonds is 4. The van der Waals surface area contributed by atoms with Gasteiger partial charge in [-0.05, 0) is 11.6 Å². The van der Waals surface area contributed by atoms with Crippen LogP contribution in [-0.4, -0.2) is 12.6 Å². The first-order valence-corrected chi connectivity index (χ1v) is 4.99. The summed E-state index contributed by atoms with van der Waals surface area (Å²) in [7, 11) is 0. The van der Waals surface area contributed by atoms with E-state index < -0.39 is 0 Å². The zero-order valence-electron chi connectivity index (χ0n) is 8.23. The van der Waals surface area contributed by atoms with Crippen molar-refractivity contribution in [1.29, 1.82) is 0 Å². The standard InChI is InChI=1S/C12H15NO/c13-12-7-6-11(12)9-14-8-10-4-2-1-3-5-10/h1-7,11-12H,8-9,13H2/p+1/t11-,12-/m0/s1. The van der Waals surface area contributed by atoms with E-state index in [1.54, 1.807) is 0 Å². The fourth-order valence-corrected chi connectivity index (χ4v) is 1.49. The van der Waals surface area contributed by atoms with Gasteiger partial charge in [0, 0.05) is 0 Å². The van der Waals surface area contributed by atoms with Crippen LogP contribution in [0.5, 0.6) is 0 Å². The molecule has 1 aromatic rings. The number of benzene rings is 1. The average molecular weight is 190 g/mol. The molecule has 0 heterocycles. The van der Waals surface area contributed by atoms with Crippen LogP contribution >= 0.6 is 0 Å². The van der Waals surface area contributed by atoms with Crippen LogP contribution in [0.3, 0.4) is 0 Å². The number of hydrogen-bond donors (Lipinski definition) is 1. The molecule has 0 aliphatic heterocycles. The second-order valence-electron chi connectivity index (χ2n) is 3.71. The van der Waals surface area contributed by atoms with E-state index in [1.165, 1.54) is 5.56 Å². The lowest BCUT2D eigenvalue weighted by Gasteiger charge is -2.22. The van der Waals surface area contributed by atoms with E-state index in [4.69, 9.17) is 4.74 Å². The predicted molar refractivity (Wildman–Crippen MR) is 55.4 cm³/mol. The molecule has 2 heteroatoms. The van der Waals surface area contributed by atoms with Gasteiger partial charge in [-0.2, -0.15) is 0 Å². The molecule has 1 aromatic carbocycles. The highest BCUT2D eigenvalue weighted by Crippen LogP contribution is 2.15. The van der Waals surface area contributed by atoms with Crippen molar-refractivity contribution in [2.75, 3.05) is 6.61 Å². The highest BCUT2D eigenvalue weighted by Gasteiger charge is 2.23. The van der Waals surface area contributed by atoms with Crippen LogP contribution in [0.25, 0.3) is 0 Å². The summed E-state index contributed by atoms with van der Waals surface area (Å²) < 4.78 is 5.60. The average Bonchev–Trinajstić information content (AvgIpc) is 2.24. The zero-order valence-corrected chi connectivity index (χ0v) is 8.23. The highest BCUT2D eigenvalue weighted by molar-refractivity contribution is 5.13. The minimum Gasteiger partial charge on any atom is -0.376 e. The third kappa shape index (κ3) is 2.22. The van der Waals surface area contributed by atoms with Gasteiger partial charge in [0.25, 0.3) is 0 Å². The second-order valence-corrected chi connectivity index (χ2v) is 3.71. The molecule has 0 aromatic heterocycles. The lowest BCUT2D eigenvalue weighted by atomic mass is 9.91. The molecule has 0 amide bonds. The quantitative estimate of drug-likeness (QED) is 0.706. The third-order valence-electron chi connectivity index (χ3n) is 2.58. The molecule has 0 bridgehead atoms. The molecule has 74 valence electrons. The van der Waals surface area contributed by atoms with Gasteiger partial charge in [0.2, 0.25) is 0 Å². The highest BCUT2D eigenvalue weighted by atomic mass is 16.5. The first-order valence-electron chi connectivity index (χ1n) is 4.99. The Morgan fingerprint density at radius 2 is 1.93 bits per heavy atom. The van der Waals surface area contributed by atoms with Crippen molar-refractivity contribution in [3.8, 4) is 0 Å². The van der Waals surface area contributed by atoms with E-state index in [-0.39, 0.29) is 0 Å². The van der Waals surface area contributed by atoms with Crippen molar-refractivity contribution >= 4 is 0 Å². The molecular weight excluding hydrogens is 174 g/mol. The summed E-state index contributed by atoms with van der Waals surface area (Å²) in [6.07, 6.45) is 4.29. The van der Waals surface area contributed by atoms with Gasteiger partial charge in [0.1, 0.15) is 6.04 Å². The van der Waals surface area contributed by atoms with Crippen LogP contribution in [-0.2, 0) is 11.3 Å². The maximum atomic E-state index is 5.60. The normalized spacial score (nSPS) is 24.6. The van der Waals surface area contributed by atoms with Gasteiger partial charge in [-0.15, -0.1) is 0 Å². The van der Waals surface area contributed by atoms with Crippen LogP contribution in [0.2, 0.25) is 0 Å².